The molecule has 0 saturated carbocycles. The van der Waals surface area contributed by atoms with Gasteiger partial charge in [-0.15, -0.1) is 0 Å². The second-order valence-electron chi connectivity index (χ2n) is 6.26. The minimum absolute atomic E-state index is 0.00458. The summed E-state index contributed by atoms with van der Waals surface area (Å²) in [5.41, 5.74) is 3.81. The molecule has 3 heteroatoms. The molecule has 0 aliphatic carbocycles. The summed E-state index contributed by atoms with van der Waals surface area (Å²) >= 11 is 0. The van der Waals surface area contributed by atoms with E-state index in [-0.39, 0.29) is 24.5 Å². The highest BCUT2D eigenvalue weighted by atomic mass is 16.2. The summed E-state index contributed by atoms with van der Waals surface area (Å²) in [6.45, 7) is 6.26. The zero-order valence-corrected chi connectivity index (χ0v) is 14.6. The molecule has 1 amide bonds. The summed E-state index contributed by atoms with van der Waals surface area (Å²) in [5, 5.41) is 2.93. The summed E-state index contributed by atoms with van der Waals surface area (Å²) in [6, 6.07) is 15.4. The molecule has 0 radical (unpaired) electrons. The van der Waals surface area contributed by atoms with Gasteiger partial charge in [-0.25, -0.2) is 0 Å². The number of para-hydroxylation sites is 1. The fraction of sp³-hybridized carbons (Fsp3) is 0.333. The van der Waals surface area contributed by atoms with Crippen LogP contribution in [-0.4, -0.2) is 11.7 Å². The number of benzene rings is 2. The maximum atomic E-state index is 12.2. The van der Waals surface area contributed by atoms with E-state index >= 15 is 0 Å². The molecule has 0 atom stereocenters. The number of Topliss-reactive ketones (excluding diaryl/α,β-unsaturated/α-hetero) is 1. The lowest BCUT2D eigenvalue weighted by Gasteiger charge is -2.13. The van der Waals surface area contributed by atoms with Crippen LogP contribution in [0.15, 0.2) is 48.5 Å². The molecule has 24 heavy (non-hydrogen) atoms. The van der Waals surface area contributed by atoms with E-state index < -0.39 is 0 Å². The second kappa shape index (κ2) is 8.44. The second-order valence-corrected chi connectivity index (χ2v) is 6.26. The van der Waals surface area contributed by atoms with Gasteiger partial charge < -0.3 is 5.32 Å². The number of amides is 1. The van der Waals surface area contributed by atoms with Crippen LogP contribution < -0.4 is 5.32 Å². The third kappa shape index (κ3) is 4.79. The third-order valence-corrected chi connectivity index (χ3v) is 4.12. The van der Waals surface area contributed by atoms with E-state index in [1.807, 2.05) is 48.5 Å². The van der Waals surface area contributed by atoms with Gasteiger partial charge in [0.15, 0.2) is 5.78 Å². The van der Waals surface area contributed by atoms with Crippen molar-refractivity contribution in [2.24, 2.45) is 0 Å². The van der Waals surface area contributed by atoms with Gasteiger partial charge in [-0.3, -0.25) is 9.59 Å². The molecule has 126 valence electrons. The lowest BCUT2D eigenvalue weighted by atomic mass is 10.0. The molecular formula is C21H25NO2. The van der Waals surface area contributed by atoms with E-state index in [1.165, 1.54) is 5.56 Å². The molecule has 1 N–H and O–H groups in total. The summed E-state index contributed by atoms with van der Waals surface area (Å²) in [6.07, 6.45) is 1.37. The van der Waals surface area contributed by atoms with Gasteiger partial charge in [0.1, 0.15) is 0 Å². The van der Waals surface area contributed by atoms with Crippen molar-refractivity contribution in [3.8, 4) is 0 Å². The highest BCUT2D eigenvalue weighted by Gasteiger charge is 2.12. The Bertz CT molecular complexity index is 702. The van der Waals surface area contributed by atoms with Crippen LogP contribution in [0.1, 0.15) is 61.0 Å². The van der Waals surface area contributed by atoms with Crippen LogP contribution in [0.25, 0.3) is 0 Å². The highest BCUT2D eigenvalue weighted by molar-refractivity contribution is 6.00. The maximum absolute atomic E-state index is 12.2. The Kier molecular flexibility index (Phi) is 6.30. The topological polar surface area (TPSA) is 46.2 Å². The molecule has 2 aromatic carbocycles. The van der Waals surface area contributed by atoms with Crippen LogP contribution in [0, 0.1) is 0 Å². The van der Waals surface area contributed by atoms with Gasteiger partial charge in [0, 0.05) is 24.1 Å². The van der Waals surface area contributed by atoms with Crippen molar-refractivity contribution in [1.82, 2.24) is 0 Å². The normalized spacial score (nSPS) is 10.7. The largest absolute Gasteiger partial charge is 0.326 e. The maximum Gasteiger partial charge on any atom is 0.224 e. The molecular weight excluding hydrogens is 298 g/mol. The van der Waals surface area contributed by atoms with Crippen LogP contribution in [0.5, 0.6) is 0 Å². The first kappa shape index (κ1) is 17.9. The van der Waals surface area contributed by atoms with Crippen LogP contribution in [0.3, 0.4) is 0 Å². The van der Waals surface area contributed by atoms with Crippen molar-refractivity contribution in [2.45, 2.75) is 46.0 Å². The van der Waals surface area contributed by atoms with Crippen molar-refractivity contribution >= 4 is 17.4 Å². The lowest BCUT2D eigenvalue weighted by molar-refractivity contribution is -0.116. The van der Waals surface area contributed by atoms with Gasteiger partial charge in [-0.2, -0.15) is 0 Å². The van der Waals surface area contributed by atoms with Crippen molar-refractivity contribution in [3.05, 3.63) is 65.2 Å². The number of aryl methyl sites for hydroxylation is 1. The predicted molar refractivity (Wildman–Crippen MR) is 98.5 cm³/mol. The smallest absolute Gasteiger partial charge is 0.224 e. The summed E-state index contributed by atoms with van der Waals surface area (Å²) in [4.78, 5) is 24.4. The van der Waals surface area contributed by atoms with E-state index in [1.54, 1.807) is 0 Å². The first-order valence-corrected chi connectivity index (χ1v) is 8.52. The number of hydrogen-bond acceptors (Lipinski definition) is 2. The Morgan fingerprint density at radius 3 is 2.25 bits per heavy atom. The lowest BCUT2D eigenvalue weighted by Crippen LogP contribution is -2.15. The molecule has 0 aliphatic heterocycles. The monoisotopic (exact) mass is 323 g/mol. The van der Waals surface area contributed by atoms with Gasteiger partial charge in [-0.05, 0) is 29.5 Å². The van der Waals surface area contributed by atoms with Gasteiger partial charge in [0.25, 0.3) is 0 Å². The van der Waals surface area contributed by atoms with Crippen molar-refractivity contribution in [3.63, 3.8) is 0 Å². The van der Waals surface area contributed by atoms with Crippen LogP contribution in [0.4, 0.5) is 5.69 Å². The fourth-order valence-electron chi connectivity index (χ4n) is 2.62. The molecule has 0 spiro atoms. The number of ketones is 1. The quantitative estimate of drug-likeness (QED) is 0.731. The average Bonchev–Trinajstić information content (AvgIpc) is 2.60. The van der Waals surface area contributed by atoms with Crippen molar-refractivity contribution < 1.29 is 9.59 Å². The van der Waals surface area contributed by atoms with Crippen molar-refractivity contribution in [2.75, 3.05) is 5.32 Å². The average molecular weight is 323 g/mol. The molecule has 0 saturated heterocycles. The van der Waals surface area contributed by atoms with Gasteiger partial charge in [0.2, 0.25) is 5.91 Å². The van der Waals surface area contributed by atoms with E-state index in [0.29, 0.717) is 11.5 Å². The molecule has 0 fully saturated rings. The number of carbonyl (C=O) groups excluding carboxylic acids is 2. The van der Waals surface area contributed by atoms with Gasteiger partial charge in [-0.1, -0.05) is 63.2 Å². The van der Waals surface area contributed by atoms with Crippen LogP contribution in [0.2, 0.25) is 0 Å². The standard InChI is InChI=1S/C21H25NO2/c1-4-16-9-11-17(12-10-16)20(23)13-14-21(24)22-19-8-6-5-7-18(19)15(2)3/h5-12,15H,4,13-14H2,1-3H3,(H,22,24). The Hall–Kier alpha value is -2.42. The van der Waals surface area contributed by atoms with Crippen LogP contribution >= 0.6 is 0 Å². The molecule has 0 heterocycles. The first-order valence-electron chi connectivity index (χ1n) is 8.52. The minimum Gasteiger partial charge on any atom is -0.326 e. The summed E-state index contributed by atoms with van der Waals surface area (Å²) in [7, 11) is 0. The van der Waals surface area contributed by atoms with E-state index in [4.69, 9.17) is 0 Å². The molecule has 2 rings (SSSR count). The third-order valence-electron chi connectivity index (χ3n) is 4.12. The molecule has 3 nitrogen and oxygen atoms in total. The Morgan fingerprint density at radius 2 is 1.62 bits per heavy atom. The zero-order valence-electron chi connectivity index (χ0n) is 14.6. The molecule has 2 aromatic rings. The number of nitrogens with one attached hydrogen (secondary N) is 1. The van der Waals surface area contributed by atoms with Gasteiger partial charge >= 0.3 is 0 Å². The molecule has 0 aromatic heterocycles. The number of anilines is 1. The number of hydrogen-bond donors (Lipinski definition) is 1. The summed E-state index contributed by atoms with van der Waals surface area (Å²) < 4.78 is 0. The molecule has 0 aliphatic rings. The van der Waals surface area contributed by atoms with Gasteiger partial charge in [0.05, 0.1) is 0 Å². The van der Waals surface area contributed by atoms with Crippen LogP contribution in [-0.2, 0) is 11.2 Å². The highest BCUT2D eigenvalue weighted by Crippen LogP contribution is 2.23. The predicted octanol–water partition coefficient (Wildman–Crippen LogP) is 4.97. The Balaban J connectivity index is 1.92. The molecule has 0 unspecified atom stereocenters. The number of rotatable bonds is 7. The fourth-order valence-corrected chi connectivity index (χ4v) is 2.62. The van der Waals surface area contributed by atoms with E-state index in [2.05, 4.69) is 26.1 Å². The number of carbonyl (C=O) groups is 2. The molecule has 0 bridgehead atoms. The summed E-state index contributed by atoms with van der Waals surface area (Å²) in [5.74, 6) is 0.215. The van der Waals surface area contributed by atoms with E-state index in [9.17, 15) is 9.59 Å². The Labute approximate surface area is 144 Å². The SMILES string of the molecule is CCc1ccc(C(=O)CCC(=O)Nc2ccccc2C(C)C)cc1. The zero-order chi connectivity index (χ0) is 17.5. The Morgan fingerprint density at radius 1 is 0.958 bits per heavy atom. The minimum atomic E-state index is -0.123. The van der Waals surface area contributed by atoms with Crippen molar-refractivity contribution in [1.29, 1.82) is 0 Å². The first-order chi connectivity index (χ1) is 11.5. The van der Waals surface area contributed by atoms with E-state index in [0.717, 1.165) is 17.7 Å².